The highest BCUT2D eigenvalue weighted by molar-refractivity contribution is 7.52. The fraction of sp³-hybridized carbons (Fsp3) is 0.559. The summed E-state index contributed by atoms with van der Waals surface area (Å²) in [5, 5.41) is 6.87. The van der Waals surface area contributed by atoms with Gasteiger partial charge in [0.2, 0.25) is 0 Å². The quantitative estimate of drug-likeness (QED) is 0.130. The number of hydrogen-bond donors (Lipinski definition) is 2. The molecule has 2 aliphatic heterocycles. The summed E-state index contributed by atoms with van der Waals surface area (Å²) >= 11 is 0. The number of alkyl halides is 1. The first-order valence-electron chi connectivity index (χ1n) is 17.0. The SMILES string of the molecule is CC(C)C(=O)O[C@H]1[C@H](c2ccc3c(N)ncnn23)O[C@](CF)(COP(=O)(NC(C)C(=O)O[C@@H]2CCN(C)C2)Oc2ccccc2)[C@H]1OC(=O)C(C)C. The molecule has 3 N–H and O–H groups in total. The van der Waals surface area contributed by atoms with Crippen molar-refractivity contribution in [1.29, 1.82) is 0 Å². The average molecular weight is 749 g/mol. The summed E-state index contributed by atoms with van der Waals surface area (Å²) in [4.78, 5) is 45.4. The molecule has 3 aromatic rings. The lowest BCUT2D eigenvalue weighted by molar-refractivity contribution is -0.178. The molecule has 0 radical (unpaired) electrons. The number of likely N-dealkylation sites (tertiary alicyclic amines) is 1. The summed E-state index contributed by atoms with van der Waals surface area (Å²) in [5.41, 5.74) is 4.49. The maximum atomic E-state index is 15.8. The zero-order chi connectivity index (χ0) is 37.8. The Morgan fingerprint density at radius 1 is 1.04 bits per heavy atom. The van der Waals surface area contributed by atoms with Gasteiger partial charge in [-0.15, -0.1) is 0 Å². The highest BCUT2D eigenvalue weighted by Gasteiger charge is 2.62. The first-order valence-corrected chi connectivity index (χ1v) is 18.6. The molecule has 2 saturated heterocycles. The Kier molecular flexibility index (Phi) is 12.2. The molecule has 2 unspecified atom stereocenters. The van der Waals surface area contributed by atoms with Crippen LogP contribution >= 0.6 is 7.75 Å². The summed E-state index contributed by atoms with van der Waals surface area (Å²) in [5.74, 6) is -3.20. The number of ether oxygens (including phenoxy) is 4. The Balaban J connectivity index is 1.51. The number of para-hydroxylation sites is 1. The van der Waals surface area contributed by atoms with Crippen molar-refractivity contribution in [2.24, 2.45) is 11.8 Å². The summed E-state index contributed by atoms with van der Waals surface area (Å²) in [7, 11) is -2.68. The van der Waals surface area contributed by atoms with Gasteiger partial charge in [0.25, 0.3) is 0 Å². The van der Waals surface area contributed by atoms with Crippen LogP contribution in [0.25, 0.3) is 5.52 Å². The highest BCUT2D eigenvalue weighted by Crippen LogP contribution is 2.50. The van der Waals surface area contributed by atoms with E-state index in [0.717, 1.165) is 6.54 Å². The first kappa shape index (κ1) is 39.1. The molecule has 0 aliphatic carbocycles. The van der Waals surface area contributed by atoms with E-state index in [0.29, 0.717) is 18.5 Å². The second-order valence-electron chi connectivity index (χ2n) is 13.6. The molecule has 284 valence electrons. The van der Waals surface area contributed by atoms with Gasteiger partial charge in [-0.1, -0.05) is 45.9 Å². The van der Waals surface area contributed by atoms with Gasteiger partial charge in [0, 0.05) is 13.1 Å². The first-order chi connectivity index (χ1) is 24.6. The van der Waals surface area contributed by atoms with E-state index in [1.807, 2.05) is 11.9 Å². The molecule has 0 spiro atoms. The summed E-state index contributed by atoms with van der Waals surface area (Å²) < 4.78 is 67.2. The van der Waals surface area contributed by atoms with Gasteiger partial charge in [0.05, 0.1) is 24.1 Å². The number of nitrogen functional groups attached to an aromatic ring is 1. The number of benzene rings is 1. The van der Waals surface area contributed by atoms with Crippen LogP contribution in [0.2, 0.25) is 0 Å². The van der Waals surface area contributed by atoms with E-state index in [-0.39, 0.29) is 23.4 Å². The summed E-state index contributed by atoms with van der Waals surface area (Å²) in [6, 6.07) is 9.99. The summed E-state index contributed by atoms with van der Waals surface area (Å²) in [6.45, 7) is 6.86. The highest BCUT2D eigenvalue weighted by atomic mass is 31.2. The van der Waals surface area contributed by atoms with Crippen LogP contribution in [0, 0.1) is 11.8 Å². The molecule has 5 rings (SSSR count). The lowest BCUT2D eigenvalue weighted by Gasteiger charge is -2.34. The second kappa shape index (κ2) is 16.3. The molecular formula is C34H46FN6O10P. The third-order valence-electron chi connectivity index (χ3n) is 8.73. The summed E-state index contributed by atoms with van der Waals surface area (Å²) in [6.07, 6.45) is -2.88. The van der Waals surface area contributed by atoms with E-state index in [9.17, 15) is 18.9 Å². The van der Waals surface area contributed by atoms with Gasteiger partial charge in [-0.3, -0.25) is 18.9 Å². The Hall–Kier alpha value is -4.15. The van der Waals surface area contributed by atoms with Crippen LogP contribution in [-0.2, 0) is 42.4 Å². The number of nitrogens with one attached hydrogen (secondary N) is 1. The molecule has 16 nitrogen and oxygen atoms in total. The maximum absolute atomic E-state index is 15.8. The molecule has 18 heteroatoms. The molecule has 0 bridgehead atoms. The zero-order valence-corrected chi connectivity index (χ0v) is 30.9. The Morgan fingerprint density at radius 3 is 2.37 bits per heavy atom. The van der Waals surface area contributed by atoms with Crippen LogP contribution in [0.1, 0.15) is 52.8 Å². The van der Waals surface area contributed by atoms with Crippen molar-refractivity contribution in [3.63, 3.8) is 0 Å². The van der Waals surface area contributed by atoms with Crippen LogP contribution in [0.4, 0.5) is 10.2 Å². The third-order valence-corrected chi connectivity index (χ3v) is 10.4. The van der Waals surface area contributed by atoms with Crippen LogP contribution in [0.5, 0.6) is 5.75 Å². The van der Waals surface area contributed by atoms with Crippen molar-refractivity contribution in [1.82, 2.24) is 24.6 Å². The van der Waals surface area contributed by atoms with Crippen molar-refractivity contribution in [3.05, 3.63) is 54.5 Å². The normalized spacial score (nSPS) is 25.2. The number of fused-ring (bicyclic) bond motifs is 1. The second-order valence-corrected chi connectivity index (χ2v) is 15.3. The number of hydrogen-bond acceptors (Lipinski definition) is 14. The lowest BCUT2D eigenvalue weighted by atomic mass is 9.95. The van der Waals surface area contributed by atoms with Crippen molar-refractivity contribution in [2.75, 3.05) is 39.2 Å². The van der Waals surface area contributed by atoms with Crippen molar-refractivity contribution >= 4 is 37.0 Å². The molecule has 2 fully saturated rings. The minimum atomic E-state index is -4.58. The number of esters is 3. The predicted molar refractivity (Wildman–Crippen MR) is 185 cm³/mol. The molecule has 2 aromatic heterocycles. The predicted octanol–water partition coefficient (Wildman–Crippen LogP) is 3.66. The standard InChI is InChI=1S/C34H46FN6O10P/c1-20(2)31(42)48-28-27(25-12-13-26-30(36)37-19-38-41(25)26)50-34(17-35,29(28)49-32(43)21(3)4)18-46-52(45,51-23-10-8-7-9-11-23)39-22(5)33(44)47-24-14-15-40(6)16-24/h7-13,19-22,24,27-29H,14-18H2,1-6H3,(H,39,45)(H2,36,37,38)/t22?,24-,27+,28+,29+,34-,52?/m1/s1. The van der Waals surface area contributed by atoms with Crippen LogP contribution < -0.4 is 15.3 Å². The van der Waals surface area contributed by atoms with Gasteiger partial charge in [-0.25, -0.2) is 18.5 Å². The smallest absolute Gasteiger partial charge is 0.459 e. The monoisotopic (exact) mass is 748 g/mol. The third kappa shape index (κ3) is 8.72. The fourth-order valence-corrected chi connectivity index (χ4v) is 7.35. The molecule has 4 heterocycles. The van der Waals surface area contributed by atoms with Gasteiger partial charge >= 0.3 is 25.7 Å². The molecule has 0 amide bonds. The van der Waals surface area contributed by atoms with E-state index in [1.54, 1.807) is 58.0 Å². The van der Waals surface area contributed by atoms with Gasteiger partial charge in [-0.2, -0.15) is 10.2 Å². The van der Waals surface area contributed by atoms with Crippen molar-refractivity contribution in [3.8, 4) is 5.75 Å². The van der Waals surface area contributed by atoms with Gasteiger partial charge in [0.15, 0.2) is 23.6 Å². The Labute approximate surface area is 301 Å². The van der Waals surface area contributed by atoms with E-state index >= 15 is 4.39 Å². The Bertz CT molecular complexity index is 1780. The number of anilines is 1. The molecule has 52 heavy (non-hydrogen) atoms. The Morgan fingerprint density at radius 2 is 1.73 bits per heavy atom. The van der Waals surface area contributed by atoms with Crippen LogP contribution in [0.15, 0.2) is 48.8 Å². The average Bonchev–Trinajstić information content (AvgIpc) is 3.80. The molecular weight excluding hydrogens is 702 g/mol. The van der Waals surface area contributed by atoms with Gasteiger partial charge in [0.1, 0.15) is 42.5 Å². The van der Waals surface area contributed by atoms with E-state index in [2.05, 4.69) is 15.2 Å². The van der Waals surface area contributed by atoms with E-state index in [4.69, 9.17) is 33.7 Å². The largest absolute Gasteiger partial charge is 0.460 e. The molecule has 0 saturated carbocycles. The van der Waals surface area contributed by atoms with E-state index < -0.39 is 80.7 Å². The topological polar surface area (TPSA) is 195 Å². The van der Waals surface area contributed by atoms with Gasteiger partial charge < -0.3 is 34.1 Å². The number of carbonyl (C=O) groups is 3. The molecule has 1 aromatic carbocycles. The molecule has 2 aliphatic rings. The number of nitrogens with two attached hydrogens (primary N) is 1. The minimum absolute atomic E-state index is 0.110. The fourth-order valence-electron chi connectivity index (χ4n) is 5.81. The molecule has 7 atom stereocenters. The number of rotatable bonds is 15. The van der Waals surface area contributed by atoms with Gasteiger partial charge in [-0.05, 0) is 44.7 Å². The van der Waals surface area contributed by atoms with Crippen molar-refractivity contribution < 1.29 is 51.3 Å². The number of aromatic nitrogens is 3. The van der Waals surface area contributed by atoms with E-state index in [1.165, 1.54) is 29.9 Å². The zero-order valence-electron chi connectivity index (χ0n) is 30.0. The van der Waals surface area contributed by atoms with Crippen LogP contribution in [-0.4, -0.2) is 101 Å². The number of nitrogens with zero attached hydrogens (tertiary/aromatic N) is 4. The van der Waals surface area contributed by atoms with Crippen LogP contribution in [0.3, 0.4) is 0 Å². The number of likely N-dealkylation sites (N-methyl/N-ethyl adjacent to an activating group) is 1. The number of halogens is 1. The lowest BCUT2D eigenvalue weighted by Crippen LogP contribution is -2.52. The number of carbonyl (C=O) groups excluding carboxylic acids is 3. The minimum Gasteiger partial charge on any atom is -0.460 e. The maximum Gasteiger partial charge on any atom is 0.459 e. The van der Waals surface area contributed by atoms with Crippen molar-refractivity contribution in [2.45, 2.75) is 77.1 Å².